The van der Waals surface area contributed by atoms with Crippen molar-refractivity contribution in [2.45, 2.75) is 6.92 Å². The van der Waals surface area contributed by atoms with Gasteiger partial charge >= 0.3 is 0 Å². The highest BCUT2D eigenvalue weighted by molar-refractivity contribution is 6.07. The lowest BCUT2D eigenvalue weighted by atomic mass is 9.98. The van der Waals surface area contributed by atoms with Gasteiger partial charge < -0.3 is 15.0 Å². The van der Waals surface area contributed by atoms with Crippen molar-refractivity contribution in [1.82, 2.24) is 0 Å². The molecule has 0 spiro atoms. The van der Waals surface area contributed by atoms with Crippen LogP contribution in [0.25, 0.3) is 11.1 Å². The third kappa shape index (κ3) is 4.71. The van der Waals surface area contributed by atoms with Gasteiger partial charge in [-0.25, -0.2) is 4.99 Å². The number of morpholine rings is 1. The summed E-state index contributed by atoms with van der Waals surface area (Å²) in [5.74, 6) is 0.658. The Bertz CT molecular complexity index is 1230. The first-order valence-corrected chi connectivity index (χ1v) is 11.2. The van der Waals surface area contributed by atoms with Gasteiger partial charge in [0.05, 0.1) is 19.8 Å². The van der Waals surface area contributed by atoms with Gasteiger partial charge in [0, 0.05) is 41.8 Å². The molecule has 0 aromatic heterocycles. The molecule has 1 saturated heterocycles. The molecule has 0 saturated carbocycles. The molecule has 3 aromatic carbocycles. The molecular weight excluding hydrogens is 412 g/mol. The van der Waals surface area contributed by atoms with Crippen LogP contribution in [0.15, 0.2) is 76.7 Å². The van der Waals surface area contributed by atoms with E-state index in [1.165, 1.54) is 0 Å². The first kappa shape index (κ1) is 21.1. The second-order valence-electron chi connectivity index (χ2n) is 8.19. The van der Waals surface area contributed by atoms with Crippen molar-refractivity contribution in [3.8, 4) is 11.1 Å². The summed E-state index contributed by atoms with van der Waals surface area (Å²) in [6.07, 6.45) is 1.82. The second-order valence-corrected chi connectivity index (χ2v) is 8.19. The topological polar surface area (TPSA) is 66.3 Å². The van der Waals surface area contributed by atoms with Crippen LogP contribution >= 0.6 is 0 Å². The van der Waals surface area contributed by atoms with E-state index in [4.69, 9.17) is 4.74 Å². The molecule has 2 aliphatic rings. The zero-order chi connectivity index (χ0) is 22.6. The maximum absolute atomic E-state index is 13.0. The van der Waals surface area contributed by atoms with Crippen LogP contribution in [-0.2, 0) is 4.74 Å². The van der Waals surface area contributed by atoms with Gasteiger partial charge in [0.1, 0.15) is 0 Å². The molecule has 1 N–H and O–H groups in total. The number of anilines is 2. The Morgan fingerprint density at radius 3 is 2.52 bits per heavy atom. The van der Waals surface area contributed by atoms with Crippen LogP contribution in [0.3, 0.4) is 0 Å². The minimum Gasteiger partial charge on any atom is -0.378 e. The Morgan fingerprint density at radius 1 is 0.970 bits per heavy atom. The van der Waals surface area contributed by atoms with Gasteiger partial charge in [-0.2, -0.15) is 0 Å². The second kappa shape index (κ2) is 9.38. The fraction of sp³-hybridized carbons (Fsp3) is 0.222. The summed E-state index contributed by atoms with van der Waals surface area (Å²) in [4.78, 5) is 23.9. The summed E-state index contributed by atoms with van der Waals surface area (Å²) in [6.45, 7) is 5.82. The highest BCUT2D eigenvalue weighted by Gasteiger charge is 2.14. The van der Waals surface area contributed by atoms with Crippen molar-refractivity contribution in [3.63, 3.8) is 0 Å². The SMILES string of the molecule is Cc1ccc(NC(=O)c2cccc(N3CCOCC3)c2)cc1-c1ccc(C2=NCC=N2)cc1. The van der Waals surface area contributed by atoms with E-state index in [0.717, 1.165) is 52.6 Å². The van der Waals surface area contributed by atoms with Gasteiger partial charge in [-0.3, -0.25) is 9.79 Å². The number of hydrogen-bond acceptors (Lipinski definition) is 5. The number of aryl methyl sites for hydroxylation is 1. The number of carbonyl (C=O) groups excluding carboxylic acids is 1. The number of nitrogens with one attached hydrogen (secondary N) is 1. The molecule has 0 unspecified atom stereocenters. The van der Waals surface area contributed by atoms with E-state index < -0.39 is 0 Å². The number of aliphatic imine (C=N–C) groups is 2. The summed E-state index contributed by atoms with van der Waals surface area (Å²) in [7, 11) is 0. The van der Waals surface area contributed by atoms with Crippen molar-refractivity contribution in [2.75, 3.05) is 43.1 Å². The smallest absolute Gasteiger partial charge is 0.255 e. The molecule has 6 heteroatoms. The van der Waals surface area contributed by atoms with Gasteiger partial charge in [-0.1, -0.05) is 36.4 Å². The van der Waals surface area contributed by atoms with Crippen LogP contribution in [0.1, 0.15) is 21.5 Å². The van der Waals surface area contributed by atoms with E-state index in [0.29, 0.717) is 25.3 Å². The third-order valence-electron chi connectivity index (χ3n) is 5.97. The van der Waals surface area contributed by atoms with Crippen LogP contribution in [0.4, 0.5) is 11.4 Å². The molecule has 5 rings (SSSR count). The molecule has 0 radical (unpaired) electrons. The standard InChI is InChI=1S/C27H26N4O2/c1-19-5-10-23(18-25(19)20-6-8-21(9-7-20)26-28-11-12-29-26)30-27(32)22-3-2-4-24(17-22)31-13-15-33-16-14-31/h2-11,17-18H,12-16H2,1H3,(H,30,32). The summed E-state index contributed by atoms with van der Waals surface area (Å²) in [5, 5.41) is 3.06. The van der Waals surface area contributed by atoms with E-state index in [9.17, 15) is 4.79 Å². The van der Waals surface area contributed by atoms with Crippen molar-refractivity contribution < 1.29 is 9.53 Å². The van der Waals surface area contributed by atoms with Crippen LogP contribution in [0.5, 0.6) is 0 Å². The molecule has 0 atom stereocenters. The molecule has 166 valence electrons. The molecule has 33 heavy (non-hydrogen) atoms. The molecule has 2 heterocycles. The lowest BCUT2D eigenvalue weighted by Gasteiger charge is -2.29. The predicted octanol–water partition coefficient (Wildman–Crippen LogP) is 4.58. The van der Waals surface area contributed by atoms with Gasteiger partial charge in [-0.05, 0) is 53.9 Å². The maximum atomic E-state index is 13.0. The number of nitrogens with zero attached hydrogens (tertiary/aromatic N) is 3. The highest BCUT2D eigenvalue weighted by Crippen LogP contribution is 2.28. The van der Waals surface area contributed by atoms with E-state index in [2.05, 4.69) is 39.3 Å². The number of carbonyl (C=O) groups is 1. The maximum Gasteiger partial charge on any atom is 0.255 e. The predicted molar refractivity (Wildman–Crippen MR) is 134 cm³/mol. The van der Waals surface area contributed by atoms with Gasteiger partial charge in [-0.15, -0.1) is 0 Å². The molecule has 0 aliphatic carbocycles. The monoisotopic (exact) mass is 438 g/mol. The van der Waals surface area contributed by atoms with E-state index in [1.54, 1.807) is 0 Å². The largest absolute Gasteiger partial charge is 0.378 e. The summed E-state index contributed by atoms with van der Waals surface area (Å²) >= 11 is 0. The van der Waals surface area contributed by atoms with Crippen LogP contribution in [-0.4, -0.2) is 50.8 Å². The summed E-state index contributed by atoms with van der Waals surface area (Å²) in [5.41, 5.74) is 6.78. The summed E-state index contributed by atoms with van der Waals surface area (Å²) in [6, 6.07) is 22.0. The van der Waals surface area contributed by atoms with Gasteiger partial charge in [0.15, 0.2) is 5.84 Å². The van der Waals surface area contributed by atoms with Crippen LogP contribution in [0.2, 0.25) is 0 Å². The van der Waals surface area contributed by atoms with Crippen LogP contribution in [0, 0.1) is 6.92 Å². The van der Waals surface area contributed by atoms with Gasteiger partial charge in [0.25, 0.3) is 5.91 Å². The fourth-order valence-electron chi connectivity index (χ4n) is 4.14. The number of rotatable bonds is 5. The lowest BCUT2D eigenvalue weighted by molar-refractivity contribution is 0.102. The van der Waals surface area contributed by atoms with Crippen LogP contribution < -0.4 is 10.2 Å². The number of ether oxygens (including phenoxy) is 1. The van der Waals surface area contributed by atoms with Gasteiger partial charge in [0.2, 0.25) is 0 Å². The minimum absolute atomic E-state index is 0.118. The Morgan fingerprint density at radius 2 is 1.76 bits per heavy atom. The molecule has 0 bridgehead atoms. The summed E-state index contributed by atoms with van der Waals surface area (Å²) < 4.78 is 5.43. The van der Waals surface area contributed by atoms with E-state index in [-0.39, 0.29) is 5.91 Å². The Hall–Kier alpha value is -3.77. The average Bonchev–Trinajstić information content (AvgIpc) is 3.41. The van der Waals surface area contributed by atoms with Crippen molar-refractivity contribution in [2.24, 2.45) is 9.98 Å². The first-order valence-electron chi connectivity index (χ1n) is 11.2. The number of amidine groups is 1. The lowest BCUT2D eigenvalue weighted by Crippen LogP contribution is -2.36. The zero-order valence-corrected chi connectivity index (χ0v) is 18.6. The molecule has 3 aromatic rings. The van der Waals surface area contributed by atoms with E-state index >= 15 is 0 Å². The Balaban J connectivity index is 1.34. The molecule has 1 amide bonds. The van der Waals surface area contributed by atoms with Crippen molar-refractivity contribution >= 4 is 29.3 Å². The molecule has 6 nitrogen and oxygen atoms in total. The molecule has 2 aliphatic heterocycles. The quantitative estimate of drug-likeness (QED) is 0.634. The Kier molecular flexibility index (Phi) is 6.00. The molecular formula is C27H26N4O2. The average molecular weight is 439 g/mol. The minimum atomic E-state index is -0.118. The van der Waals surface area contributed by atoms with Crippen molar-refractivity contribution in [3.05, 3.63) is 83.4 Å². The number of amides is 1. The third-order valence-corrected chi connectivity index (χ3v) is 5.97. The zero-order valence-electron chi connectivity index (χ0n) is 18.6. The highest BCUT2D eigenvalue weighted by atomic mass is 16.5. The number of hydrogen-bond donors (Lipinski definition) is 1. The van der Waals surface area contributed by atoms with E-state index in [1.807, 2.05) is 60.8 Å². The number of benzene rings is 3. The normalized spacial score (nSPS) is 15.4. The first-order chi connectivity index (χ1) is 16.2. The Labute approximate surface area is 193 Å². The van der Waals surface area contributed by atoms with Crippen molar-refractivity contribution in [1.29, 1.82) is 0 Å². The fourth-order valence-corrected chi connectivity index (χ4v) is 4.14. The molecule has 1 fully saturated rings.